The lowest BCUT2D eigenvalue weighted by molar-refractivity contribution is -0.117. The highest BCUT2D eigenvalue weighted by Crippen LogP contribution is 2.22. The zero-order valence-corrected chi connectivity index (χ0v) is 15.8. The maximum absolute atomic E-state index is 12.8. The quantitative estimate of drug-likeness (QED) is 0.495. The molecule has 3 aromatic rings. The lowest BCUT2D eigenvalue weighted by Gasteiger charge is -2.10. The largest absolute Gasteiger partial charge is 0.308 e. The average molecular weight is 382 g/mol. The van der Waals surface area contributed by atoms with Crippen molar-refractivity contribution in [3.05, 3.63) is 34.6 Å². The smallest absolute Gasteiger partial charge is 0.262 e. The van der Waals surface area contributed by atoms with Gasteiger partial charge < -0.3 is 5.41 Å². The Morgan fingerprint density at radius 2 is 2.11 bits per heavy atom. The van der Waals surface area contributed by atoms with E-state index in [2.05, 4.69) is 10.2 Å². The van der Waals surface area contributed by atoms with Crippen molar-refractivity contribution in [2.24, 2.45) is 5.92 Å². The number of benzene rings is 1. The van der Waals surface area contributed by atoms with Gasteiger partial charge in [0.2, 0.25) is 5.78 Å². The predicted molar refractivity (Wildman–Crippen MR) is 103 cm³/mol. The van der Waals surface area contributed by atoms with E-state index < -0.39 is 5.92 Å². The minimum atomic E-state index is -1.05. The van der Waals surface area contributed by atoms with Gasteiger partial charge >= 0.3 is 0 Å². The Morgan fingerprint density at radius 3 is 2.78 bits per heavy atom. The molecular formula is C18H18N6O2S. The van der Waals surface area contributed by atoms with Gasteiger partial charge in [0.15, 0.2) is 10.9 Å². The molecule has 1 atom stereocenters. The molecule has 0 amide bonds. The Bertz CT molecular complexity index is 1140. The van der Waals surface area contributed by atoms with Crippen LogP contribution in [0.3, 0.4) is 0 Å². The van der Waals surface area contributed by atoms with Gasteiger partial charge in [0.1, 0.15) is 5.92 Å². The van der Waals surface area contributed by atoms with Crippen molar-refractivity contribution in [3.8, 4) is 6.07 Å². The molecule has 0 spiro atoms. The van der Waals surface area contributed by atoms with Gasteiger partial charge in [-0.15, -0.1) is 10.2 Å². The van der Waals surface area contributed by atoms with Crippen LogP contribution in [0.2, 0.25) is 0 Å². The van der Waals surface area contributed by atoms with Gasteiger partial charge in [0.05, 0.1) is 22.7 Å². The van der Waals surface area contributed by atoms with E-state index >= 15 is 0 Å². The highest BCUT2D eigenvalue weighted by molar-refractivity contribution is 7.99. The molecule has 0 saturated heterocycles. The Hall–Kier alpha value is -2.99. The van der Waals surface area contributed by atoms with Gasteiger partial charge in [0, 0.05) is 12.3 Å². The Morgan fingerprint density at radius 1 is 1.37 bits per heavy atom. The summed E-state index contributed by atoms with van der Waals surface area (Å²) in [5, 5.41) is 26.0. The molecule has 0 saturated carbocycles. The van der Waals surface area contributed by atoms with E-state index in [9.17, 15) is 9.59 Å². The van der Waals surface area contributed by atoms with Crippen molar-refractivity contribution < 1.29 is 4.79 Å². The normalized spacial score (nSPS) is 12.2. The summed E-state index contributed by atoms with van der Waals surface area (Å²) in [6.07, 6.45) is 0.768. The summed E-state index contributed by atoms with van der Waals surface area (Å²) in [4.78, 5) is 25.0. The van der Waals surface area contributed by atoms with Crippen molar-refractivity contribution >= 4 is 39.9 Å². The minimum Gasteiger partial charge on any atom is -0.308 e. The number of fused-ring (bicyclic) bond motifs is 3. The lowest BCUT2D eigenvalue weighted by atomic mass is 10.0. The van der Waals surface area contributed by atoms with Gasteiger partial charge in [-0.25, -0.2) is 0 Å². The Kier molecular flexibility index (Phi) is 5.37. The predicted octanol–water partition coefficient (Wildman–Crippen LogP) is 2.29. The van der Waals surface area contributed by atoms with Gasteiger partial charge in [0.25, 0.3) is 5.56 Å². The third-order valence-electron chi connectivity index (χ3n) is 4.15. The third kappa shape index (κ3) is 3.36. The van der Waals surface area contributed by atoms with Crippen molar-refractivity contribution in [2.75, 3.05) is 5.75 Å². The number of ketones is 1. The molecule has 3 rings (SSSR count). The number of nitriles is 1. The highest BCUT2D eigenvalue weighted by Gasteiger charge is 2.22. The van der Waals surface area contributed by atoms with Crippen LogP contribution in [0.15, 0.2) is 34.2 Å². The molecule has 0 radical (unpaired) electrons. The van der Waals surface area contributed by atoms with Crippen LogP contribution in [0, 0.1) is 22.7 Å². The molecular weight excluding hydrogens is 364 g/mol. The average Bonchev–Trinajstić information content (AvgIpc) is 3.07. The molecule has 2 aromatic heterocycles. The molecule has 0 aliphatic heterocycles. The summed E-state index contributed by atoms with van der Waals surface area (Å²) in [6.45, 7) is 3.93. The number of carbonyl (C=O) groups excluding carboxylic acids is 1. The number of para-hydroxylation sites is 1. The first kappa shape index (κ1) is 18.8. The van der Waals surface area contributed by atoms with E-state index in [4.69, 9.17) is 10.7 Å². The van der Waals surface area contributed by atoms with Crippen LogP contribution >= 0.6 is 11.8 Å². The minimum absolute atomic E-state index is 0.00350. The maximum atomic E-state index is 12.8. The van der Waals surface area contributed by atoms with Crippen LogP contribution in [-0.4, -0.2) is 36.4 Å². The summed E-state index contributed by atoms with van der Waals surface area (Å²) >= 11 is 1.15. The fraction of sp³-hybridized carbons (Fsp3) is 0.333. The molecule has 1 N–H and O–H groups in total. The first-order valence-electron chi connectivity index (χ1n) is 8.46. The van der Waals surface area contributed by atoms with Gasteiger partial charge in [-0.3, -0.25) is 18.6 Å². The zero-order valence-electron chi connectivity index (χ0n) is 15.0. The number of nitrogens with one attached hydrogen (secondary N) is 1. The van der Waals surface area contributed by atoms with Crippen molar-refractivity contribution in [1.82, 2.24) is 19.2 Å². The molecule has 8 nitrogen and oxygen atoms in total. The molecule has 0 fully saturated rings. The number of carbonyl (C=O) groups is 1. The second-order valence-corrected chi connectivity index (χ2v) is 7.03. The van der Waals surface area contributed by atoms with Crippen LogP contribution in [0.5, 0.6) is 0 Å². The van der Waals surface area contributed by atoms with Crippen molar-refractivity contribution in [2.45, 2.75) is 32.0 Å². The van der Waals surface area contributed by atoms with Crippen molar-refractivity contribution in [3.63, 3.8) is 0 Å². The number of Topliss-reactive ketones (excluding diaryl/α,β-unsaturated/α-hetero) is 1. The number of rotatable bonds is 7. The molecule has 138 valence electrons. The van der Waals surface area contributed by atoms with Gasteiger partial charge in [-0.05, 0) is 25.5 Å². The lowest BCUT2D eigenvalue weighted by Crippen LogP contribution is -2.23. The van der Waals surface area contributed by atoms with E-state index in [1.165, 1.54) is 6.92 Å². The fourth-order valence-electron chi connectivity index (χ4n) is 2.88. The summed E-state index contributed by atoms with van der Waals surface area (Å²) < 4.78 is 3.35. The number of hydrogen-bond donors (Lipinski definition) is 1. The summed E-state index contributed by atoms with van der Waals surface area (Å²) in [5.74, 6) is -0.976. The van der Waals surface area contributed by atoms with Gasteiger partial charge in [-0.1, -0.05) is 30.8 Å². The van der Waals surface area contributed by atoms with Crippen LogP contribution in [0.4, 0.5) is 0 Å². The number of aromatic nitrogens is 4. The molecule has 1 aromatic carbocycles. The topological polar surface area (TPSA) is 117 Å². The molecule has 0 aliphatic carbocycles. The van der Waals surface area contributed by atoms with Crippen LogP contribution < -0.4 is 5.56 Å². The summed E-state index contributed by atoms with van der Waals surface area (Å²) in [7, 11) is 0. The van der Waals surface area contributed by atoms with Crippen LogP contribution in [0.25, 0.3) is 16.7 Å². The molecule has 27 heavy (non-hydrogen) atoms. The molecule has 0 bridgehead atoms. The zero-order chi connectivity index (χ0) is 19.6. The van der Waals surface area contributed by atoms with E-state index in [0.717, 1.165) is 18.2 Å². The molecule has 2 heterocycles. The van der Waals surface area contributed by atoms with E-state index in [0.29, 0.717) is 28.4 Å². The fourth-order valence-corrected chi connectivity index (χ4v) is 3.73. The van der Waals surface area contributed by atoms with Crippen molar-refractivity contribution in [1.29, 1.82) is 10.7 Å². The SMILES string of the molecule is CCCn1c(=O)c2ccccc2n2c(SCC(=O)C(C#N)C(C)=N)nnc12. The number of thioether (sulfide) groups is 1. The first-order chi connectivity index (χ1) is 13.0. The Balaban J connectivity index is 2.08. The molecule has 0 aliphatic rings. The van der Waals surface area contributed by atoms with E-state index in [1.54, 1.807) is 21.1 Å². The standard InChI is InChI=1S/C18H18N6O2S/c1-3-8-23-16(26)12-6-4-5-7-14(12)24-17(23)21-22-18(24)27-10-15(25)13(9-19)11(2)20/h4-7,13,20H,3,8,10H2,1-2H3. The highest BCUT2D eigenvalue weighted by atomic mass is 32.2. The Labute approximate surface area is 159 Å². The second kappa shape index (κ2) is 7.72. The summed E-state index contributed by atoms with van der Waals surface area (Å²) in [6, 6.07) is 9.06. The number of nitrogens with zero attached hydrogens (tertiary/aromatic N) is 5. The van der Waals surface area contributed by atoms with Gasteiger partial charge in [-0.2, -0.15) is 5.26 Å². The second-order valence-electron chi connectivity index (χ2n) is 6.09. The molecule has 1 unspecified atom stereocenters. The first-order valence-corrected chi connectivity index (χ1v) is 9.45. The van der Waals surface area contributed by atoms with Crippen LogP contribution in [0.1, 0.15) is 20.3 Å². The van der Waals surface area contributed by atoms with E-state index in [1.807, 2.05) is 25.1 Å². The number of aryl methyl sites for hydroxylation is 1. The van der Waals surface area contributed by atoms with E-state index in [-0.39, 0.29) is 22.8 Å². The maximum Gasteiger partial charge on any atom is 0.262 e. The third-order valence-corrected chi connectivity index (χ3v) is 5.10. The number of hydrogen-bond acceptors (Lipinski definition) is 7. The summed E-state index contributed by atoms with van der Waals surface area (Å²) in [5.41, 5.74) is 0.574. The van der Waals surface area contributed by atoms with Crippen LogP contribution in [-0.2, 0) is 11.3 Å². The molecule has 9 heteroatoms. The monoisotopic (exact) mass is 382 g/mol.